The standard InChI is InChI=1S/C15H19N3O/c1-3-10-16-15-9-8-14(17-18-15)12-6-5-7-13(11-12)19-4-2/h5-9,11H,3-4,10H2,1-2H3,(H,16,18). The predicted molar refractivity (Wildman–Crippen MR) is 77.4 cm³/mol. The number of rotatable bonds is 6. The molecule has 0 aliphatic heterocycles. The Labute approximate surface area is 113 Å². The van der Waals surface area contributed by atoms with Crippen LogP contribution < -0.4 is 10.1 Å². The van der Waals surface area contributed by atoms with Crippen molar-refractivity contribution in [1.29, 1.82) is 0 Å². The minimum atomic E-state index is 0.662. The first-order chi connectivity index (χ1) is 9.33. The molecule has 0 saturated carbocycles. The van der Waals surface area contributed by atoms with Crippen LogP contribution in [0.25, 0.3) is 11.3 Å². The van der Waals surface area contributed by atoms with Crippen molar-refractivity contribution in [1.82, 2.24) is 10.2 Å². The molecule has 0 bridgehead atoms. The van der Waals surface area contributed by atoms with Crippen molar-refractivity contribution in [2.24, 2.45) is 0 Å². The molecule has 2 aromatic rings. The average Bonchev–Trinajstić information content (AvgIpc) is 2.46. The van der Waals surface area contributed by atoms with Crippen LogP contribution in [0.15, 0.2) is 36.4 Å². The number of anilines is 1. The Morgan fingerprint density at radius 2 is 2.00 bits per heavy atom. The molecule has 1 N–H and O–H groups in total. The van der Waals surface area contributed by atoms with Gasteiger partial charge >= 0.3 is 0 Å². The summed E-state index contributed by atoms with van der Waals surface area (Å²) in [6, 6.07) is 11.8. The molecule has 0 aliphatic rings. The third-order valence-corrected chi connectivity index (χ3v) is 2.66. The van der Waals surface area contributed by atoms with Crippen molar-refractivity contribution < 1.29 is 4.74 Å². The van der Waals surface area contributed by atoms with Crippen molar-refractivity contribution in [3.05, 3.63) is 36.4 Å². The molecule has 0 saturated heterocycles. The van der Waals surface area contributed by atoms with Gasteiger partial charge in [0.2, 0.25) is 0 Å². The summed E-state index contributed by atoms with van der Waals surface area (Å²) in [7, 11) is 0. The van der Waals surface area contributed by atoms with Crippen LogP contribution in [0.4, 0.5) is 5.82 Å². The van der Waals surface area contributed by atoms with E-state index in [0.29, 0.717) is 6.61 Å². The van der Waals surface area contributed by atoms with Crippen molar-refractivity contribution >= 4 is 5.82 Å². The third-order valence-electron chi connectivity index (χ3n) is 2.66. The second-order valence-electron chi connectivity index (χ2n) is 4.19. The summed E-state index contributed by atoms with van der Waals surface area (Å²) in [5.41, 5.74) is 1.86. The monoisotopic (exact) mass is 257 g/mol. The minimum Gasteiger partial charge on any atom is -0.494 e. The Morgan fingerprint density at radius 3 is 2.68 bits per heavy atom. The topological polar surface area (TPSA) is 47.0 Å². The molecular weight excluding hydrogens is 238 g/mol. The van der Waals surface area contributed by atoms with E-state index in [1.54, 1.807) is 0 Å². The fourth-order valence-corrected chi connectivity index (χ4v) is 1.75. The summed E-state index contributed by atoms with van der Waals surface area (Å²) < 4.78 is 5.48. The lowest BCUT2D eigenvalue weighted by Gasteiger charge is -2.06. The second kappa shape index (κ2) is 6.73. The number of benzene rings is 1. The first-order valence-electron chi connectivity index (χ1n) is 6.64. The molecule has 0 atom stereocenters. The van der Waals surface area contributed by atoms with E-state index in [0.717, 1.165) is 35.8 Å². The highest BCUT2D eigenvalue weighted by molar-refractivity contribution is 5.61. The molecule has 0 fully saturated rings. The first-order valence-corrected chi connectivity index (χ1v) is 6.64. The van der Waals surface area contributed by atoms with E-state index in [1.807, 2.05) is 43.3 Å². The molecule has 1 aromatic heterocycles. The van der Waals surface area contributed by atoms with Crippen LogP contribution in [-0.2, 0) is 0 Å². The summed E-state index contributed by atoms with van der Waals surface area (Å²) in [4.78, 5) is 0. The van der Waals surface area contributed by atoms with Gasteiger partial charge in [-0.05, 0) is 37.6 Å². The Bertz CT molecular complexity index is 511. The second-order valence-corrected chi connectivity index (χ2v) is 4.19. The van der Waals surface area contributed by atoms with Crippen LogP contribution in [0.5, 0.6) is 5.75 Å². The molecule has 0 aliphatic carbocycles. The highest BCUT2D eigenvalue weighted by Gasteiger charge is 2.02. The van der Waals surface area contributed by atoms with Crippen LogP contribution in [0, 0.1) is 0 Å². The van der Waals surface area contributed by atoms with Gasteiger partial charge in [-0.15, -0.1) is 10.2 Å². The Kier molecular flexibility index (Phi) is 4.72. The van der Waals surface area contributed by atoms with Crippen molar-refractivity contribution in [2.75, 3.05) is 18.5 Å². The van der Waals surface area contributed by atoms with Gasteiger partial charge in [-0.3, -0.25) is 0 Å². The van der Waals surface area contributed by atoms with Crippen LogP contribution in [0.3, 0.4) is 0 Å². The maximum Gasteiger partial charge on any atom is 0.148 e. The molecule has 0 amide bonds. The van der Waals surface area contributed by atoms with Crippen LogP contribution in [0.2, 0.25) is 0 Å². The lowest BCUT2D eigenvalue weighted by atomic mass is 10.1. The summed E-state index contributed by atoms with van der Waals surface area (Å²) in [6.45, 7) is 5.66. The molecule has 4 nitrogen and oxygen atoms in total. The molecule has 1 heterocycles. The molecule has 0 unspecified atom stereocenters. The highest BCUT2D eigenvalue weighted by Crippen LogP contribution is 2.22. The molecule has 1 aromatic carbocycles. The van der Waals surface area contributed by atoms with E-state index in [-0.39, 0.29) is 0 Å². The lowest BCUT2D eigenvalue weighted by molar-refractivity contribution is 0.340. The summed E-state index contributed by atoms with van der Waals surface area (Å²) in [5.74, 6) is 1.67. The zero-order valence-corrected chi connectivity index (χ0v) is 11.4. The van der Waals surface area contributed by atoms with Gasteiger partial charge in [0, 0.05) is 12.1 Å². The van der Waals surface area contributed by atoms with Gasteiger partial charge in [0.25, 0.3) is 0 Å². The number of nitrogens with zero attached hydrogens (tertiary/aromatic N) is 2. The smallest absolute Gasteiger partial charge is 0.148 e. The van der Waals surface area contributed by atoms with E-state index in [2.05, 4.69) is 22.4 Å². The molecular formula is C15H19N3O. The van der Waals surface area contributed by atoms with Gasteiger partial charge in [-0.1, -0.05) is 19.1 Å². The number of ether oxygens (including phenoxy) is 1. The van der Waals surface area contributed by atoms with Gasteiger partial charge in [-0.25, -0.2) is 0 Å². The van der Waals surface area contributed by atoms with Crippen molar-refractivity contribution in [2.45, 2.75) is 20.3 Å². The SMILES string of the molecule is CCCNc1ccc(-c2cccc(OCC)c2)nn1. The van der Waals surface area contributed by atoms with E-state index < -0.39 is 0 Å². The molecule has 100 valence electrons. The van der Waals surface area contributed by atoms with Gasteiger partial charge in [0.1, 0.15) is 11.6 Å². The van der Waals surface area contributed by atoms with Crippen LogP contribution in [0.1, 0.15) is 20.3 Å². The summed E-state index contributed by atoms with van der Waals surface area (Å²) in [6.07, 6.45) is 1.07. The molecule has 19 heavy (non-hydrogen) atoms. The molecule has 0 radical (unpaired) electrons. The number of nitrogens with one attached hydrogen (secondary N) is 1. The molecule has 0 spiro atoms. The van der Waals surface area contributed by atoms with Crippen molar-refractivity contribution in [3.8, 4) is 17.0 Å². The van der Waals surface area contributed by atoms with Crippen LogP contribution in [-0.4, -0.2) is 23.3 Å². The summed E-state index contributed by atoms with van der Waals surface area (Å²) in [5, 5.41) is 11.6. The quantitative estimate of drug-likeness (QED) is 0.862. The van der Waals surface area contributed by atoms with Gasteiger partial charge in [0.05, 0.1) is 12.3 Å². The lowest BCUT2D eigenvalue weighted by Crippen LogP contribution is -2.02. The Hall–Kier alpha value is -2.10. The van der Waals surface area contributed by atoms with Crippen molar-refractivity contribution in [3.63, 3.8) is 0 Å². The minimum absolute atomic E-state index is 0.662. The largest absolute Gasteiger partial charge is 0.494 e. The zero-order valence-electron chi connectivity index (χ0n) is 11.4. The fraction of sp³-hybridized carbons (Fsp3) is 0.333. The number of hydrogen-bond acceptors (Lipinski definition) is 4. The number of hydrogen-bond donors (Lipinski definition) is 1. The van der Waals surface area contributed by atoms with Crippen LogP contribution >= 0.6 is 0 Å². The maximum atomic E-state index is 5.48. The van der Waals surface area contributed by atoms with E-state index >= 15 is 0 Å². The maximum absolute atomic E-state index is 5.48. The average molecular weight is 257 g/mol. The van der Waals surface area contributed by atoms with Gasteiger partial charge < -0.3 is 10.1 Å². The van der Waals surface area contributed by atoms with E-state index in [1.165, 1.54) is 0 Å². The number of aromatic nitrogens is 2. The molecule has 2 rings (SSSR count). The normalized spacial score (nSPS) is 10.2. The van der Waals surface area contributed by atoms with E-state index in [4.69, 9.17) is 4.74 Å². The third kappa shape index (κ3) is 3.68. The Morgan fingerprint density at radius 1 is 1.11 bits per heavy atom. The van der Waals surface area contributed by atoms with Gasteiger partial charge in [0.15, 0.2) is 0 Å². The highest BCUT2D eigenvalue weighted by atomic mass is 16.5. The van der Waals surface area contributed by atoms with E-state index in [9.17, 15) is 0 Å². The zero-order chi connectivity index (χ0) is 13.5. The molecule has 4 heteroatoms. The fourth-order valence-electron chi connectivity index (χ4n) is 1.75. The first kappa shape index (κ1) is 13.3. The van der Waals surface area contributed by atoms with Gasteiger partial charge in [-0.2, -0.15) is 0 Å². The summed E-state index contributed by atoms with van der Waals surface area (Å²) >= 11 is 0. The predicted octanol–water partition coefficient (Wildman–Crippen LogP) is 3.36. The Balaban J connectivity index is 2.14.